The number of ether oxygens (including phenoxy) is 1. The summed E-state index contributed by atoms with van der Waals surface area (Å²) >= 11 is 0. The van der Waals surface area contributed by atoms with Crippen LogP contribution in [-0.4, -0.2) is 52.6 Å². The maximum absolute atomic E-state index is 12.5. The van der Waals surface area contributed by atoms with Gasteiger partial charge in [-0.1, -0.05) is 31.2 Å². The average molecular weight is 355 g/mol. The standard InChI is InChI=1S/C19H26BN3O3/c1-4-16-13(2)19(22-21-16)17(24)11-14-5-7-15(8-6-14)18-12-23(20(3)25)9-10-26-18/h5-8,18,25H,4,9-12H2,1-3H3,(H,21,22)/t18-/m1/s1. The molecule has 7 heteroatoms. The van der Waals surface area contributed by atoms with Gasteiger partial charge in [-0.25, -0.2) is 0 Å². The Hall–Kier alpha value is -1.96. The molecule has 1 atom stereocenters. The highest BCUT2D eigenvalue weighted by Crippen LogP contribution is 2.23. The number of carbonyl (C=O) groups is 1. The fourth-order valence-corrected chi connectivity index (χ4v) is 3.38. The minimum absolute atomic E-state index is 0.0281. The first-order valence-corrected chi connectivity index (χ1v) is 9.19. The molecule has 2 heterocycles. The van der Waals surface area contributed by atoms with Crippen LogP contribution in [0.15, 0.2) is 24.3 Å². The highest BCUT2D eigenvalue weighted by atomic mass is 16.5. The van der Waals surface area contributed by atoms with Crippen molar-refractivity contribution in [2.75, 3.05) is 19.7 Å². The van der Waals surface area contributed by atoms with E-state index < -0.39 is 7.05 Å². The second kappa shape index (κ2) is 8.16. The van der Waals surface area contributed by atoms with Gasteiger partial charge in [0.05, 0.1) is 12.7 Å². The van der Waals surface area contributed by atoms with Crippen LogP contribution in [0, 0.1) is 6.92 Å². The fourth-order valence-electron chi connectivity index (χ4n) is 3.38. The molecule has 0 aliphatic carbocycles. The molecule has 1 aliphatic rings. The van der Waals surface area contributed by atoms with Crippen molar-refractivity contribution in [1.29, 1.82) is 0 Å². The van der Waals surface area contributed by atoms with E-state index in [0.717, 1.165) is 35.3 Å². The molecule has 0 unspecified atom stereocenters. The van der Waals surface area contributed by atoms with Crippen LogP contribution < -0.4 is 0 Å². The highest BCUT2D eigenvalue weighted by molar-refractivity contribution is 6.45. The molecule has 1 saturated heterocycles. The first-order chi connectivity index (χ1) is 12.5. The number of Topliss-reactive ketones (excluding diaryl/α,β-unsaturated/α-hetero) is 1. The van der Waals surface area contributed by atoms with E-state index in [1.165, 1.54) is 0 Å². The third-order valence-corrected chi connectivity index (χ3v) is 5.07. The normalized spacial score (nSPS) is 18.1. The molecule has 0 spiro atoms. The Morgan fingerprint density at radius 3 is 2.77 bits per heavy atom. The van der Waals surface area contributed by atoms with Crippen LogP contribution in [0.4, 0.5) is 0 Å². The van der Waals surface area contributed by atoms with E-state index in [0.29, 0.717) is 25.3 Å². The number of aromatic amines is 1. The minimum atomic E-state index is -0.469. The smallest absolute Gasteiger partial charge is 0.376 e. The number of nitrogens with zero attached hydrogens (tertiary/aromatic N) is 2. The van der Waals surface area contributed by atoms with E-state index in [4.69, 9.17) is 4.74 Å². The summed E-state index contributed by atoms with van der Waals surface area (Å²) in [5.74, 6) is 0.0281. The maximum atomic E-state index is 12.5. The Bertz CT molecular complexity index is 758. The molecule has 1 aliphatic heterocycles. The molecule has 1 fully saturated rings. The third kappa shape index (κ3) is 4.06. The van der Waals surface area contributed by atoms with Gasteiger partial charge in [0.25, 0.3) is 0 Å². The largest absolute Gasteiger partial charge is 0.437 e. The summed E-state index contributed by atoms with van der Waals surface area (Å²) in [4.78, 5) is 14.5. The van der Waals surface area contributed by atoms with Crippen molar-refractivity contribution < 1.29 is 14.6 Å². The molecular weight excluding hydrogens is 329 g/mol. The number of morpholine rings is 1. The van der Waals surface area contributed by atoms with E-state index in [1.807, 2.05) is 42.9 Å². The summed E-state index contributed by atoms with van der Waals surface area (Å²) < 4.78 is 5.83. The number of nitrogens with one attached hydrogen (secondary N) is 1. The SMILES string of the molecule is CCc1[nH]nc(C(=O)Cc2ccc([C@H]3CN(B(C)O)CCO3)cc2)c1C. The molecule has 0 amide bonds. The molecule has 1 aromatic carbocycles. The summed E-state index contributed by atoms with van der Waals surface area (Å²) in [7, 11) is -0.469. The van der Waals surface area contributed by atoms with Gasteiger partial charge in [-0.15, -0.1) is 0 Å². The molecule has 6 nitrogen and oxygen atoms in total. The molecule has 2 aromatic rings. The lowest BCUT2D eigenvalue weighted by Crippen LogP contribution is -2.46. The number of aromatic nitrogens is 2. The van der Waals surface area contributed by atoms with Crippen LogP contribution in [0.1, 0.15) is 45.9 Å². The van der Waals surface area contributed by atoms with Gasteiger partial charge < -0.3 is 14.6 Å². The predicted molar refractivity (Wildman–Crippen MR) is 101 cm³/mol. The lowest BCUT2D eigenvalue weighted by Gasteiger charge is -2.33. The maximum Gasteiger partial charge on any atom is 0.376 e. The van der Waals surface area contributed by atoms with Crippen molar-refractivity contribution in [2.45, 2.75) is 39.6 Å². The van der Waals surface area contributed by atoms with Crippen LogP contribution in [-0.2, 0) is 17.6 Å². The monoisotopic (exact) mass is 355 g/mol. The Morgan fingerprint density at radius 2 is 2.15 bits per heavy atom. The molecule has 26 heavy (non-hydrogen) atoms. The van der Waals surface area contributed by atoms with Gasteiger partial charge in [-0.3, -0.25) is 9.89 Å². The Labute approximate surface area is 154 Å². The first-order valence-electron chi connectivity index (χ1n) is 9.19. The van der Waals surface area contributed by atoms with E-state index in [2.05, 4.69) is 10.2 Å². The van der Waals surface area contributed by atoms with Gasteiger partial charge in [-0.2, -0.15) is 5.10 Å². The second-order valence-electron chi connectivity index (χ2n) is 6.86. The van der Waals surface area contributed by atoms with Crippen molar-refractivity contribution in [3.05, 3.63) is 52.3 Å². The molecule has 0 radical (unpaired) electrons. The minimum Gasteiger partial charge on any atom is -0.437 e. The number of rotatable bonds is 6. The number of ketones is 1. The van der Waals surface area contributed by atoms with Crippen LogP contribution in [0.25, 0.3) is 0 Å². The summed E-state index contributed by atoms with van der Waals surface area (Å²) in [5.41, 5.74) is 4.52. The Kier molecular flexibility index (Phi) is 5.91. The van der Waals surface area contributed by atoms with Crippen LogP contribution in [0.5, 0.6) is 0 Å². The lowest BCUT2D eigenvalue weighted by molar-refractivity contribution is -0.00806. The Balaban J connectivity index is 1.66. The number of H-pyrrole nitrogens is 1. The van der Waals surface area contributed by atoms with Crippen LogP contribution in [0.3, 0.4) is 0 Å². The van der Waals surface area contributed by atoms with E-state index in [9.17, 15) is 9.82 Å². The van der Waals surface area contributed by atoms with Crippen molar-refractivity contribution in [1.82, 2.24) is 15.0 Å². The van der Waals surface area contributed by atoms with Crippen molar-refractivity contribution >= 4 is 12.8 Å². The topological polar surface area (TPSA) is 78.5 Å². The number of aryl methyl sites for hydroxylation is 1. The molecule has 0 saturated carbocycles. The zero-order chi connectivity index (χ0) is 18.7. The van der Waals surface area contributed by atoms with E-state index in [1.54, 1.807) is 6.82 Å². The summed E-state index contributed by atoms with van der Waals surface area (Å²) in [5, 5.41) is 16.9. The highest BCUT2D eigenvalue weighted by Gasteiger charge is 2.26. The summed E-state index contributed by atoms with van der Waals surface area (Å²) in [6, 6.07) is 7.96. The molecule has 0 bridgehead atoms. The molecule has 1 aromatic heterocycles. The average Bonchev–Trinajstić information content (AvgIpc) is 3.03. The Morgan fingerprint density at radius 1 is 1.42 bits per heavy atom. The summed E-state index contributed by atoms with van der Waals surface area (Å²) in [6.45, 7) is 7.77. The second-order valence-corrected chi connectivity index (χ2v) is 6.86. The van der Waals surface area contributed by atoms with Crippen molar-refractivity contribution in [2.24, 2.45) is 0 Å². The van der Waals surface area contributed by atoms with Gasteiger partial charge in [0.1, 0.15) is 5.69 Å². The number of hydrogen-bond donors (Lipinski definition) is 2. The first kappa shape index (κ1) is 18.8. The zero-order valence-corrected chi connectivity index (χ0v) is 15.7. The zero-order valence-electron chi connectivity index (χ0n) is 15.7. The van der Waals surface area contributed by atoms with Crippen molar-refractivity contribution in [3.63, 3.8) is 0 Å². The third-order valence-electron chi connectivity index (χ3n) is 5.07. The van der Waals surface area contributed by atoms with Crippen LogP contribution >= 0.6 is 0 Å². The van der Waals surface area contributed by atoms with E-state index >= 15 is 0 Å². The van der Waals surface area contributed by atoms with Gasteiger partial charge >= 0.3 is 7.05 Å². The van der Waals surface area contributed by atoms with Crippen molar-refractivity contribution in [3.8, 4) is 0 Å². The molecule has 3 rings (SSSR count). The van der Waals surface area contributed by atoms with Gasteiger partial charge in [0.2, 0.25) is 0 Å². The molecular formula is C19H26BN3O3. The molecule has 2 N–H and O–H groups in total. The van der Waals surface area contributed by atoms with Gasteiger partial charge in [0, 0.05) is 30.8 Å². The predicted octanol–water partition coefficient (Wildman–Crippen LogP) is 2.19. The molecule has 138 valence electrons. The number of benzene rings is 1. The van der Waals surface area contributed by atoms with Gasteiger partial charge in [0.15, 0.2) is 5.78 Å². The lowest BCUT2D eigenvalue weighted by atomic mass is 9.83. The number of hydrogen-bond acceptors (Lipinski definition) is 5. The fraction of sp³-hybridized carbons (Fsp3) is 0.474. The van der Waals surface area contributed by atoms with Gasteiger partial charge in [-0.05, 0) is 31.3 Å². The van der Waals surface area contributed by atoms with E-state index in [-0.39, 0.29) is 11.9 Å². The number of carbonyl (C=O) groups excluding carboxylic acids is 1. The quantitative estimate of drug-likeness (QED) is 0.614. The summed E-state index contributed by atoms with van der Waals surface area (Å²) in [6.07, 6.45) is 1.12. The van der Waals surface area contributed by atoms with Crippen LogP contribution in [0.2, 0.25) is 6.82 Å².